The monoisotopic (exact) mass is 356 g/mol. The summed E-state index contributed by atoms with van der Waals surface area (Å²) in [6.45, 7) is 1.31. The lowest BCUT2D eigenvalue weighted by atomic mass is 10.1. The molecule has 0 saturated heterocycles. The Bertz CT molecular complexity index is 860. The Morgan fingerprint density at radius 2 is 1.72 bits per heavy atom. The summed E-state index contributed by atoms with van der Waals surface area (Å²) < 4.78 is 15.8. The summed E-state index contributed by atoms with van der Waals surface area (Å²) in [5.74, 6) is 0.444. The zero-order chi connectivity index (χ0) is 18.0. The molecule has 0 aliphatic carbocycles. The molecule has 1 heterocycles. The fourth-order valence-electron chi connectivity index (χ4n) is 2.51. The first-order valence-corrected chi connectivity index (χ1v) is 8.33. The molecular formula is C19H16O5S. The van der Waals surface area contributed by atoms with E-state index in [-0.39, 0.29) is 11.5 Å². The van der Waals surface area contributed by atoms with Gasteiger partial charge in [-0.05, 0) is 35.9 Å². The molecule has 0 atom stereocenters. The van der Waals surface area contributed by atoms with Crippen molar-refractivity contribution < 1.29 is 23.8 Å². The van der Waals surface area contributed by atoms with Crippen molar-refractivity contribution in [3.05, 3.63) is 52.4 Å². The SMILES string of the molecule is COc1cc(C=C2Sc3ccccc3C2=O)cc(OC)c1OC(C)=O. The highest BCUT2D eigenvalue weighted by Crippen LogP contribution is 2.43. The minimum Gasteiger partial charge on any atom is -0.493 e. The van der Waals surface area contributed by atoms with E-state index in [4.69, 9.17) is 14.2 Å². The van der Waals surface area contributed by atoms with E-state index in [9.17, 15) is 9.59 Å². The number of allylic oxidation sites excluding steroid dienone is 1. The lowest BCUT2D eigenvalue weighted by Gasteiger charge is -2.13. The molecule has 0 saturated carbocycles. The lowest BCUT2D eigenvalue weighted by Crippen LogP contribution is -2.05. The average Bonchev–Trinajstić information content (AvgIpc) is 2.91. The average molecular weight is 356 g/mol. The second-order valence-corrected chi connectivity index (χ2v) is 6.37. The molecule has 3 rings (SSSR count). The topological polar surface area (TPSA) is 61.8 Å². The van der Waals surface area contributed by atoms with Crippen LogP contribution in [0.2, 0.25) is 0 Å². The maximum atomic E-state index is 12.5. The number of esters is 1. The lowest BCUT2D eigenvalue weighted by molar-refractivity contribution is -0.132. The molecule has 0 N–H and O–H groups in total. The summed E-state index contributed by atoms with van der Waals surface area (Å²) in [5, 5.41) is 0. The highest BCUT2D eigenvalue weighted by molar-refractivity contribution is 8.04. The minimum atomic E-state index is -0.473. The van der Waals surface area contributed by atoms with Gasteiger partial charge in [0.15, 0.2) is 11.5 Å². The van der Waals surface area contributed by atoms with Gasteiger partial charge in [0.1, 0.15) is 0 Å². The summed E-state index contributed by atoms with van der Waals surface area (Å²) in [6.07, 6.45) is 1.77. The van der Waals surface area contributed by atoms with Crippen LogP contribution in [0.5, 0.6) is 17.2 Å². The van der Waals surface area contributed by atoms with Crippen molar-refractivity contribution in [2.75, 3.05) is 14.2 Å². The van der Waals surface area contributed by atoms with Gasteiger partial charge in [-0.2, -0.15) is 0 Å². The van der Waals surface area contributed by atoms with Crippen LogP contribution < -0.4 is 14.2 Å². The van der Waals surface area contributed by atoms with Gasteiger partial charge in [-0.25, -0.2) is 0 Å². The molecule has 0 fully saturated rings. The van der Waals surface area contributed by atoms with E-state index in [1.165, 1.54) is 32.9 Å². The highest BCUT2D eigenvalue weighted by Gasteiger charge is 2.25. The Morgan fingerprint density at radius 1 is 1.08 bits per heavy atom. The van der Waals surface area contributed by atoms with E-state index in [0.717, 1.165) is 4.90 Å². The maximum Gasteiger partial charge on any atom is 0.308 e. The molecule has 5 nitrogen and oxygen atoms in total. The van der Waals surface area contributed by atoms with Gasteiger partial charge in [0.25, 0.3) is 0 Å². The number of fused-ring (bicyclic) bond motifs is 1. The first-order chi connectivity index (χ1) is 12.0. The van der Waals surface area contributed by atoms with Crippen molar-refractivity contribution in [1.29, 1.82) is 0 Å². The summed E-state index contributed by atoms with van der Waals surface area (Å²) in [7, 11) is 2.95. The predicted octanol–water partition coefficient (Wildman–Crippen LogP) is 3.96. The molecule has 0 amide bonds. The van der Waals surface area contributed by atoms with Gasteiger partial charge < -0.3 is 14.2 Å². The number of carbonyl (C=O) groups excluding carboxylic acids is 2. The third-order valence-electron chi connectivity index (χ3n) is 3.60. The van der Waals surface area contributed by atoms with Crippen LogP contribution in [0, 0.1) is 0 Å². The number of Topliss-reactive ketones (excluding diaryl/α,β-unsaturated/α-hetero) is 1. The van der Waals surface area contributed by atoms with E-state index in [1.54, 1.807) is 18.2 Å². The number of carbonyl (C=O) groups is 2. The van der Waals surface area contributed by atoms with Gasteiger partial charge in [-0.15, -0.1) is 0 Å². The number of hydrogen-bond donors (Lipinski definition) is 0. The van der Waals surface area contributed by atoms with Crippen LogP contribution in [0.25, 0.3) is 6.08 Å². The molecule has 0 radical (unpaired) electrons. The van der Waals surface area contributed by atoms with Crippen LogP contribution >= 0.6 is 11.8 Å². The Kier molecular flexibility index (Phi) is 4.81. The number of hydrogen-bond acceptors (Lipinski definition) is 6. The van der Waals surface area contributed by atoms with E-state index in [1.807, 2.05) is 24.3 Å². The zero-order valence-electron chi connectivity index (χ0n) is 14.0. The van der Waals surface area contributed by atoms with E-state index < -0.39 is 5.97 Å². The van der Waals surface area contributed by atoms with Crippen LogP contribution in [0.15, 0.2) is 46.2 Å². The van der Waals surface area contributed by atoms with Crippen LogP contribution in [-0.2, 0) is 4.79 Å². The van der Waals surface area contributed by atoms with Crippen molar-refractivity contribution >= 4 is 29.6 Å². The van der Waals surface area contributed by atoms with Crippen LogP contribution in [0.4, 0.5) is 0 Å². The normalized spacial score (nSPS) is 14.4. The number of ether oxygens (including phenoxy) is 3. The largest absolute Gasteiger partial charge is 0.493 e. The summed E-state index contributed by atoms with van der Waals surface area (Å²) in [5.41, 5.74) is 1.42. The molecule has 0 bridgehead atoms. The smallest absolute Gasteiger partial charge is 0.308 e. The van der Waals surface area contributed by atoms with E-state index >= 15 is 0 Å². The quantitative estimate of drug-likeness (QED) is 0.469. The second-order valence-electron chi connectivity index (χ2n) is 5.28. The highest BCUT2D eigenvalue weighted by atomic mass is 32.2. The van der Waals surface area contributed by atoms with Crippen LogP contribution in [-0.4, -0.2) is 26.0 Å². The van der Waals surface area contributed by atoms with Gasteiger partial charge in [-0.1, -0.05) is 23.9 Å². The van der Waals surface area contributed by atoms with Gasteiger partial charge in [0, 0.05) is 17.4 Å². The van der Waals surface area contributed by atoms with Gasteiger partial charge in [0.2, 0.25) is 11.5 Å². The predicted molar refractivity (Wildman–Crippen MR) is 95.5 cm³/mol. The molecule has 2 aromatic rings. The van der Waals surface area contributed by atoms with Crippen molar-refractivity contribution in [2.45, 2.75) is 11.8 Å². The molecule has 0 spiro atoms. The molecule has 1 aliphatic rings. The second kappa shape index (κ2) is 7.03. The van der Waals surface area contributed by atoms with Crippen LogP contribution in [0.1, 0.15) is 22.8 Å². The third kappa shape index (κ3) is 3.39. The minimum absolute atomic E-state index is 0.0115. The fourth-order valence-corrected chi connectivity index (χ4v) is 3.57. The molecule has 25 heavy (non-hydrogen) atoms. The molecule has 128 valence electrons. The molecule has 2 aromatic carbocycles. The van der Waals surface area contributed by atoms with E-state index in [0.29, 0.717) is 27.5 Å². The van der Waals surface area contributed by atoms with Gasteiger partial charge >= 0.3 is 5.97 Å². The number of methoxy groups -OCH3 is 2. The fraction of sp³-hybridized carbons (Fsp3) is 0.158. The number of ketones is 1. The molecular weight excluding hydrogens is 340 g/mol. The standard InChI is InChI=1S/C19H16O5S/c1-11(20)24-19-14(22-2)8-12(9-15(19)23-3)10-17-18(21)13-6-4-5-7-16(13)25-17/h4-10H,1-3H3. The Labute approximate surface area is 149 Å². The van der Waals surface area contributed by atoms with Crippen molar-refractivity contribution in [3.8, 4) is 17.2 Å². The molecule has 1 aliphatic heterocycles. The van der Waals surface area contributed by atoms with E-state index in [2.05, 4.69) is 0 Å². The first kappa shape index (κ1) is 17.1. The van der Waals surface area contributed by atoms with Crippen molar-refractivity contribution in [2.24, 2.45) is 0 Å². The Balaban J connectivity index is 2.01. The van der Waals surface area contributed by atoms with Gasteiger partial charge in [0.05, 0.1) is 19.1 Å². The molecule has 6 heteroatoms. The Hall–Kier alpha value is -2.73. The van der Waals surface area contributed by atoms with Crippen molar-refractivity contribution in [1.82, 2.24) is 0 Å². The third-order valence-corrected chi connectivity index (χ3v) is 4.70. The van der Waals surface area contributed by atoms with Crippen LogP contribution in [0.3, 0.4) is 0 Å². The van der Waals surface area contributed by atoms with Crippen molar-refractivity contribution in [3.63, 3.8) is 0 Å². The number of benzene rings is 2. The molecule has 0 aromatic heterocycles. The summed E-state index contributed by atoms with van der Waals surface area (Å²) >= 11 is 1.43. The van der Waals surface area contributed by atoms with Gasteiger partial charge in [-0.3, -0.25) is 9.59 Å². The number of thioether (sulfide) groups is 1. The summed E-state index contributed by atoms with van der Waals surface area (Å²) in [4.78, 5) is 25.3. The zero-order valence-corrected chi connectivity index (χ0v) is 14.8. The Morgan fingerprint density at radius 3 is 2.28 bits per heavy atom. The summed E-state index contributed by atoms with van der Waals surface area (Å²) in [6, 6.07) is 10.9. The first-order valence-electron chi connectivity index (χ1n) is 7.51. The number of rotatable bonds is 4. The molecule has 0 unspecified atom stereocenters. The maximum absolute atomic E-state index is 12.5.